The predicted molar refractivity (Wildman–Crippen MR) is 52.7 cm³/mol. The average molecular weight is 187 g/mol. The third kappa shape index (κ3) is 0.922. The summed E-state index contributed by atoms with van der Waals surface area (Å²) in [6, 6.07) is 7.90. The van der Waals surface area contributed by atoms with Gasteiger partial charge in [-0.1, -0.05) is 4.49 Å². The molecule has 0 aliphatic rings. The molecule has 62 valence electrons. The van der Waals surface area contributed by atoms with Crippen LogP contribution in [-0.2, 0) is 0 Å². The zero-order chi connectivity index (χ0) is 8.67. The van der Waals surface area contributed by atoms with Crippen LogP contribution >= 0.6 is 11.5 Å². The van der Waals surface area contributed by atoms with Crippen molar-refractivity contribution >= 4 is 32.7 Å². The van der Waals surface area contributed by atoms with Gasteiger partial charge >= 0.3 is 0 Å². The molecule has 4 heteroatoms. The molecule has 0 aliphatic carbocycles. The van der Waals surface area contributed by atoms with Crippen LogP contribution in [0.15, 0.2) is 30.5 Å². The Hall–Kier alpha value is -1.55. The van der Waals surface area contributed by atoms with E-state index in [1.807, 2.05) is 24.3 Å². The van der Waals surface area contributed by atoms with Crippen LogP contribution in [0.25, 0.3) is 21.1 Å². The summed E-state index contributed by atoms with van der Waals surface area (Å²) >= 11 is 1.42. The van der Waals surface area contributed by atoms with Crippen molar-refractivity contribution in [1.29, 1.82) is 0 Å². The van der Waals surface area contributed by atoms with E-state index in [4.69, 9.17) is 0 Å². The van der Waals surface area contributed by atoms with Gasteiger partial charge in [0, 0.05) is 11.6 Å². The van der Waals surface area contributed by atoms with Crippen LogP contribution in [0.2, 0.25) is 0 Å². The summed E-state index contributed by atoms with van der Waals surface area (Å²) < 4.78 is 5.03. The molecule has 0 fully saturated rings. The minimum atomic E-state index is 0.950. The Kier molecular flexibility index (Phi) is 1.31. The molecule has 3 aromatic rings. The number of aromatic nitrogens is 3. The second-order valence-electron chi connectivity index (χ2n) is 2.76. The summed E-state index contributed by atoms with van der Waals surface area (Å²) in [7, 11) is 0. The number of benzene rings is 1. The molecule has 2 aromatic heterocycles. The molecule has 1 aromatic carbocycles. The van der Waals surface area contributed by atoms with Crippen LogP contribution in [0, 0.1) is 0 Å². The topological polar surface area (TPSA) is 38.7 Å². The molecule has 0 unspecified atom stereocenters. The van der Waals surface area contributed by atoms with E-state index in [2.05, 4.69) is 14.6 Å². The molecule has 0 aliphatic heterocycles. The monoisotopic (exact) mass is 187 g/mol. The maximum Gasteiger partial charge on any atom is 0.106 e. The van der Waals surface area contributed by atoms with Crippen LogP contribution in [0.3, 0.4) is 0 Å². The fourth-order valence-corrected chi connectivity index (χ4v) is 2.08. The van der Waals surface area contributed by atoms with E-state index in [-0.39, 0.29) is 0 Å². The minimum Gasteiger partial charge on any atom is -0.256 e. The van der Waals surface area contributed by atoms with E-state index in [1.165, 1.54) is 11.5 Å². The smallest absolute Gasteiger partial charge is 0.106 e. The lowest BCUT2D eigenvalue weighted by Gasteiger charge is -1.94. The summed E-state index contributed by atoms with van der Waals surface area (Å²) in [6.07, 6.45) is 1.79. The van der Waals surface area contributed by atoms with Gasteiger partial charge in [-0.05, 0) is 35.8 Å². The van der Waals surface area contributed by atoms with E-state index >= 15 is 0 Å². The zero-order valence-corrected chi connectivity index (χ0v) is 7.45. The highest BCUT2D eigenvalue weighted by molar-refractivity contribution is 7.14. The van der Waals surface area contributed by atoms with Crippen LogP contribution in [-0.4, -0.2) is 14.6 Å². The maximum absolute atomic E-state index is 4.26. The van der Waals surface area contributed by atoms with Crippen LogP contribution in [0.4, 0.5) is 0 Å². The Morgan fingerprint density at radius 3 is 3.00 bits per heavy atom. The molecule has 2 heterocycles. The first kappa shape index (κ1) is 6.91. The standard InChI is InChI=1S/C9H5N3S/c1-2-6-7(10-5-1)3-4-8-9(6)13-12-11-8/h1-5H. The molecule has 0 amide bonds. The van der Waals surface area contributed by atoms with E-state index < -0.39 is 0 Å². The summed E-state index contributed by atoms with van der Waals surface area (Å²) in [6.45, 7) is 0. The van der Waals surface area contributed by atoms with E-state index in [0.717, 1.165) is 21.1 Å². The van der Waals surface area contributed by atoms with Gasteiger partial charge in [-0.15, -0.1) is 5.10 Å². The molecule has 0 saturated carbocycles. The molecule has 0 bridgehead atoms. The van der Waals surface area contributed by atoms with Gasteiger partial charge in [0.05, 0.1) is 10.2 Å². The highest BCUT2D eigenvalue weighted by Crippen LogP contribution is 2.24. The van der Waals surface area contributed by atoms with Gasteiger partial charge in [-0.25, -0.2) is 0 Å². The van der Waals surface area contributed by atoms with Gasteiger partial charge < -0.3 is 0 Å². The number of nitrogens with zero attached hydrogens (tertiary/aromatic N) is 3. The van der Waals surface area contributed by atoms with Gasteiger partial charge in [-0.3, -0.25) is 4.98 Å². The molecular formula is C9H5N3S. The van der Waals surface area contributed by atoms with Gasteiger partial charge in [0.15, 0.2) is 0 Å². The Bertz CT molecular complexity index is 573. The van der Waals surface area contributed by atoms with Gasteiger partial charge in [0.2, 0.25) is 0 Å². The Labute approximate surface area is 78.2 Å². The molecule has 0 saturated heterocycles. The fraction of sp³-hybridized carbons (Fsp3) is 0. The third-order valence-corrected chi connectivity index (χ3v) is 2.77. The highest BCUT2D eigenvalue weighted by atomic mass is 32.1. The normalized spacial score (nSPS) is 11.1. The number of fused-ring (bicyclic) bond motifs is 3. The molecule has 0 radical (unpaired) electrons. The van der Waals surface area contributed by atoms with Crippen LogP contribution < -0.4 is 0 Å². The molecular weight excluding hydrogens is 182 g/mol. The van der Waals surface area contributed by atoms with Crippen molar-refractivity contribution in [3.63, 3.8) is 0 Å². The lowest BCUT2D eigenvalue weighted by atomic mass is 10.2. The van der Waals surface area contributed by atoms with Crippen molar-refractivity contribution in [2.45, 2.75) is 0 Å². The fourth-order valence-electron chi connectivity index (χ4n) is 1.39. The van der Waals surface area contributed by atoms with Crippen molar-refractivity contribution in [1.82, 2.24) is 14.6 Å². The first-order valence-electron chi connectivity index (χ1n) is 3.91. The van der Waals surface area contributed by atoms with Crippen molar-refractivity contribution in [2.24, 2.45) is 0 Å². The number of hydrogen-bond acceptors (Lipinski definition) is 4. The number of hydrogen-bond donors (Lipinski definition) is 0. The van der Waals surface area contributed by atoms with E-state index in [0.29, 0.717) is 0 Å². The van der Waals surface area contributed by atoms with Crippen LogP contribution in [0.1, 0.15) is 0 Å². The lowest BCUT2D eigenvalue weighted by Crippen LogP contribution is -1.76. The van der Waals surface area contributed by atoms with E-state index in [9.17, 15) is 0 Å². The first-order valence-corrected chi connectivity index (χ1v) is 4.68. The van der Waals surface area contributed by atoms with Crippen molar-refractivity contribution in [3.8, 4) is 0 Å². The number of pyridine rings is 1. The maximum atomic E-state index is 4.26. The SMILES string of the molecule is c1cnc2ccc3nnsc3c2c1. The van der Waals surface area contributed by atoms with Crippen molar-refractivity contribution in [3.05, 3.63) is 30.5 Å². The van der Waals surface area contributed by atoms with Crippen molar-refractivity contribution in [2.75, 3.05) is 0 Å². The Balaban J connectivity index is 2.65. The highest BCUT2D eigenvalue weighted by Gasteiger charge is 2.02. The third-order valence-electron chi connectivity index (χ3n) is 2.00. The Morgan fingerprint density at radius 2 is 2.00 bits per heavy atom. The minimum absolute atomic E-state index is 0.950. The quantitative estimate of drug-likeness (QED) is 0.541. The first-order chi connectivity index (χ1) is 6.45. The average Bonchev–Trinajstić information content (AvgIpc) is 2.65. The molecule has 13 heavy (non-hydrogen) atoms. The Morgan fingerprint density at radius 1 is 1.08 bits per heavy atom. The summed E-state index contributed by atoms with van der Waals surface area (Å²) in [4.78, 5) is 4.26. The van der Waals surface area contributed by atoms with Gasteiger partial charge in [0.1, 0.15) is 5.52 Å². The second-order valence-corrected chi connectivity index (χ2v) is 3.51. The summed E-state index contributed by atoms with van der Waals surface area (Å²) in [5.41, 5.74) is 1.95. The largest absolute Gasteiger partial charge is 0.256 e. The molecule has 3 rings (SSSR count). The molecule has 3 nitrogen and oxygen atoms in total. The second kappa shape index (κ2) is 2.47. The molecule has 0 spiro atoms. The van der Waals surface area contributed by atoms with Crippen molar-refractivity contribution < 1.29 is 0 Å². The predicted octanol–water partition coefficient (Wildman–Crippen LogP) is 2.24. The molecule has 0 N–H and O–H groups in total. The number of rotatable bonds is 0. The van der Waals surface area contributed by atoms with Gasteiger partial charge in [0.25, 0.3) is 0 Å². The van der Waals surface area contributed by atoms with Crippen LogP contribution in [0.5, 0.6) is 0 Å². The summed E-state index contributed by atoms with van der Waals surface area (Å²) in [5.74, 6) is 0. The van der Waals surface area contributed by atoms with E-state index in [1.54, 1.807) is 6.20 Å². The summed E-state index contributed by atoms with van der Waals surface area (Å²) in [5, 5.41) is 5.14. The zero-order valence-electron chi connectivity index (χ0n) is 6.64. The lowest BCUT2D eigenvalue weighted by molar-refractivity contribution is 1.20. The molecule has 0 atom stereocenters. The van der Waals surface area contributed by atoms with Gasteiger partial charge in [-0.2, -0.15) is 0 Å².